The maximum atomic E-state index is 14.0. The van der Waals surface area contributed by atoms with Crippen LogP contribution in [-0.2, 0) is 11.3 Å². The third-order valence-electron chi connectivity index (χ3n) is 5.28. The molecule has 2 heterocycles. The molecule has 4 rings (SSSR count). The van der Waals surface area contributed by atoms with Gasteiger partial charge >= 0.3 is 5.69 Å². The third-order valence-corrected chi connectivity index (χ3v) is 5.28. The van der Waals surface area contributed by atoms with Crippen LogP contribution in [0.2, 0.25) is 0 Å². The number of nitrogens with zero attached hydrogens (tertiary/aromatic N) is 3. The van der Waals surface area contributed by atoms with Crippen LogP contribution >= 0.6 is 0 Å². The molecule has 1 N–H and O–H groups in total. The number of rotatable bonds is 4. The van der Waals surface area contributed by atoms with Crippen molar-refractivity contribution in [3.05, 3.63) is 75.2 Å². The summed E-state index contributed by atoms with van der Waals surface area (Å²) in [6.45, 7) is 2.27. The number of hydrogen-bond acceptors (Lipinski definition) is 4. The third kappa shape index (κ3) is 3.78. The van der Waals surface area contributed by atoms with E-state index in [0.717, 1.165) is 0 Å². The maximum Gasteiger partial charge on any atom is 0.328 e. The van der Waals surface area contributed by atoms with Gasteiger partial charge in [0.15, 0.2) is 0 Å². The van der Waals surface area contributed by atoms with Gasteiger partial charge in [0.2, 0.25) is 5.91 Å². The van der Waals surface area contributed by atoms with Crippen LogP contribution in [0.5, 0.6) is 0 Å². The fourth-order valence-electron chi connectivity index (χ4n) is 3.73. The number of piperazine rings is 1. The Morgan fingerprint density at radius 3 is 2.41 bits per heavy atom. The number of nitrogens with one attached hydrogen (secondary N) is 1. The van der Waals surface area contributed by atoms with Crippen LogP contribution in [0.25, 0.3) is 10.9 Å². The van der Waals surface area contributed by atoms with E-state index in [1.807, 2.05) is 4.90 Å². The number of anilines is 1. The molecule has 1 aliphatic heterocycles. The van der Waals surface area contributed by atoms with Gasteiger partial charge in [-0.3, -0.25) is 19.1 Å². The Balaban J connectivity index is 1.42. The Labute approximate surface area is 166 Å². The average molecular weight is 396 g/mol. The minimum atomic E-state index is -0.522. The van der Waals surface area contributed by atoms with Crippen molar-refractivity contribution >= 4 is 22.5 Å². The zero-order chi connectivity index (χ0) is 20.4. The first-order chi connectivity index (χ1) is 14.0. The number of aromatic amines is 1. The summed E-state index contributed by atoms with van der Waals surface area (Å²) in [5, 5.41) is 0.415. The standard InChI is InChI=1S/C21H21FN4O3/c22-16-6-2-4-8-18(16)24-11-13-25(14-12-24)19(27)9-10-26-17-7-3-1-5-15(17)20(28)23-21(26)29/h1-8H,9-14H2,(H,23,28,29). The van der Waals surface area contributed by atoms with Gasteiger partial charge in [-0.25, -0.2) is 9.18 Å². The van der Waals surface area contributed by atoms with E-state index in [4.69, 9.17) is 0 Å². The molecule has 2 aromatic carbocycles. The Morgan fingerprint density at radius 1 is 0.966 bits per heavy atom. The number of amides is 1. The molecule has 1 saturated heterocycles. The van der Waals surface area contributed by atoms with E-state index < -0.39 is 11.2 Å². The van der Waals surface area contributed by atoms with Gasteiger partial charge in [0.25, 0.3) is 5.56 Å². The lowest BCUT2D eigenvalue weighted by molar-refractivity contribution is -0.131. The predicted octanol–water partition coefficient (Wildman–Crippen LogP) is 1.57. The van der Waals surface area contributed by atoms with E-state index >= 15 is 0 Å². The molecular weight excluding hydrogens is 375 g/mol. The van der Waals surface area contributed by atoms with Crippen LogP contribution in [-0.4, -0.2) is 46.5 Å². The molecule has 8 heteroatoms. The smallest absolute Gasteiger partial charge is 0.328 e. The zero-order valence-corrected chi connectivity index (χ0v) is 15.8. The van der Waals surface area contributed by atoms with Gasteiger partial charge in [-0.15, -0.1) is 0 Å². The van der Waals surface area contributed by atoms with Crippen molar-refractivity contribution in [3.63, 3.8) is 0 Å². The van der Waals surface area contributed by atoms with Crippen LogP contribution < -0.4 is 16.1 Å². The highest BCUT2D eigenvalue weighted by Crippen LogP contribution is 2.20. The Bertz CT molecular complexity index is 1160. The summed E-state index contributed by atoms with van der Waals surface area (Å²) in [4.78, 5) is 42.8. The van der Waals surface area contributed by atoms with Crippen molar-refractivity contribution < 1.29 is 9.18 Å². The molecular formula is C21H21FN4O3. The van der Waals surface area contributed by atoms with Crippen LogP contribution in [0.15, 0.2) is 58.1 Å². The summed E-state index contributed by atoms with van der Waals surface area (Å²) in [6.07, 6.45) is 0.148. The number of aryl methyl sites for hydroxylation is 1. The SMILES string of the molecule is O=C(CCn1c(=O)[nH]c(=O)c2ccccc21)N1CCN(c2ccccc2F)CC1. The van der Waals surface area contributed by atoms with Crippen LogP contribution in [0.4, 0.5) is 10.1 Å². The number of aromatic nitrogens is 2. The zero-order valence-electron chi connectivity index (χ0n) is 15.8. The summed E-state index contributed by atoms with van der Waals surface area (Å²) in [6, 6.07) is 13.4. The normalized spacial score (nSPS) is 14.4. The van der Waals surface area contributed by atoms with Crippen molar-refractivity contribution in [1.29, 1.82) is 0 Å². The summed E-state index contributed by atoms with van der Waals surface area (Å²) >= 11 is 0. The molecule has 3 aromatic rings. The van der Waals surface area contributed by atoms with Crippen LogP contribution in [0.1, 0.15) is 6.42 Å². The molecule has 1 amide bonds. The van der Waals surface area contributed by atoms with Gasteiger partial charge in [-0.05, 0) is 24.3 Å². The number of benzene rings is 2. The second-order valence-electron chi connectivity index (χ2n) is 7.00. The van der Waals surface area contributed by atoms with E-state index in [-0.39, 0.29) is 24.7 Å². The van der Waals surface area contributed by atoms with E-state index in [1.54, 1.807) is 47.4 Å². The van der Waals surface area contributed by atoms with Gasteiger partial charge in [-0.2, -0.15) is 0 Å². The summed E-state index contributed by atoms with van der Waals surface area (Å²) in [5.41, 5.74) is 0.104. The van der Waals surface area contributed by atoms with Crippen molar-refractivity contribution in [1.82, 2.24) is 14.5 Å². The number of halogens is 1. The fourth-order valence-corrected chi connectivity index (χ4v) is 3.73. The van der Waals surface area contributed by atoms with Crippen molar-refractivity contribution in [2.75, 3.05) is 31.1 Å². The topological polar surface area (TPSA) is 78.4 Å². The number of carbonyl (C=O) groups excluding carboxylic acids is 1. The maximum absolute atomic E-state index is 14.0. The molecule has 150 valence electrons. The minimum Gasteiger partial charge on any atom is -0.366 e. The largest absolute Gasteiger partial charge is 0.366 e. The van der Waals surface area contributed by atoms with Crippen LogP contribution in [0.3, 0.4) is 0 Å². The number of para-hydroxylation sites is 2. The fraction of sp³-hybridized carbons (Fsp3) is 0.286. The Kier molecular flexibility index (Phi) is 5.16. The first kappa shape index (κ1) is 18.9. The number of fused-ring (bicyclic) bond motifs is 1. The van der Waals surface area contributed by atoms with E-state index in [1.165, 1.54) is 10.6 Å². The molecule has 7 nitrogen and oxygen atoms in total. The second-order valence-corrected chi connectivity index (χ2v) is 7.00. The number of carbonyl (C=O) groups is 1. The number of H-pyrrole nitrogens is 1. The van der Waals surface area contributed by atoms with Crippen molar-refractivity contribution in [2.45, 2.75) is 13.0 Å². The van der Waals surface area contributed by atoms with Gasteiger partial charge in [0, 0.05) is 39.1 Å². The molecule has 0 bridgehead atoms. The van der Waals surface area contributed by atoms with Gasteiger partial charge in [-0.1, -0.05) is 24.3 Å². The molecule has 0 aliphatic carbocycles. The molecule has 0 radical (unpaired) electrons. The van der Waals surface area contributed by atoms with Crippen LogP contribution in [0, 0.1) is 5.82 Å². The second kappa shape index (κ2) is 7.90. The lowest BCUT2D eigenvalue weighted by atomic mass is 10.2. The molecule has 0 saturated carbocycles. The van der Waals surface area contributed by atoms with Gasteiger partial charge in [0.05, 0.1) is 16.6 Å². The summed E-state index contributed by atoms with van der Waals surface area (Å²) in [5.74, 6) is -0.336. The first-order valence-electron chi connectivity index (χ1n) is 9.54. The average Bonchev–Trinajstić information content (AvgIpc) is 2.74. The molecule has 0 atom stereocenters. The molecule has 0 spiro atoms. The van der Waals surface area contributed by atoms with E-state index in [2.05, 4.69) is 4.98 Å². The highest BCUT2D eigenvalue weighted by atomic mass is 19.1. The summed E-state index contributed by atoms with van der Waals surface area (Å²) in [7, 11) is 0. The Morgan fingerprint density at radius 2 is 1.66 bits per heavy atom. The first-order valence-corrected chi connectivity index (χ1v) is 9.54. The summed E-state index contributed by atoms with van der Waals surface area (Å²) < 4.78 is 15.4. The lowest BCUT2D eigenvalue weighted by Gasteiger charge is -2.36. The van der Waals surface area contributed by atoms with Crippen molar-refractivity contribution in [2.24, 2.45) is 0 Å². The predicted molar refractivity (Wildman–Crippen MR) is 109 cm³/mol. The minimum absolute atomic E-state index is 0.0691. The Hall–Kier alpha value is -3.42. The molecule has 1 aliphatic rings. The lowest BCUT2D eigenvalue weighted by Crippen LogP contribution is -2.49. The highest BCUT2D eigenvalue weighted by Gasteiger charge is 2.22. The van der Waals surface area contributed by atoms with Gasteiger partial charge in [0.1, 0.15) is 5.82 Å². The molecule has 29 heavy (non-hydrogen) atoms. The van der Waals surface area contributed by atoms with E-state index in [0.29, 0.717) is 42.8 Å². The van der Waals surface area contributed by atoms with Gasteiger partial charge < -0.3 is 9.80 Å². The molecule has 1 fully saturated rings. The van der Waals surface area contributed by atoms with Crippen molar-refractivity contribution in [3.8, 4) is 0 Å². The van der Waals surface area contributed by atoms with E-state index in [9.17, 15) is 18.8 Å². The molecule has 0 unspecified atom stereocenters. The number of hydrogen-bond donors (Lipinski definition) is 1. The quantitative estimate of drug-likeness (QED) is 0.726. The highest BCUT2D eigenvalue weighted by molar-refractivity contribution is 5.79. The molecule has 1 aromatic heterocycles. The monoisotopic (exact) mass is 396 g/mol.